The number of carbonyl (C=O) groups is 2. The van der Waals surface area contributed by atoms with Crippen LogP contribution in [0.4, 0.5) is 0 Å². The van der Waals surface area contributed by atoms with Crippen molar-refractivity contribution < 1.29 is 52.0 Å². The second-order valence-electron chi connectivity index (χ2n) is 11.7. The number of rotatable bonds is 15. The number of unbranched alkanes of at least 4 members (excludes halogenated alkanes) is 1. The van der Waals surface area contributed by atoms with Crippen molar-refractivity contribution in [3.05, 3.63) is 24.3 Å². The highest BCUT2D eigenvalue weighted by Crippen LogP contribution is 2.27. The summed E-state index contributed by atoms with van der Waals surface area (Å²) < 4.78 is 62.1. The van der Waals surface area contributed by atoms with Crippen LogP contribution < -0.4 is 0 Å². The fourth-order valence-corrected chi connectivity index (χ4v) is 35.4. The minimum Gasteiger partial charge on any atom is -0.462 e. The van der Waals surface area contributed by atoms with Gasteiger partial charge in [0, 0.05) is 11.1 Å². The molecule has 0 spiro atoms. The van der Waals surface area contributed by atoms with E-state index in [2.05, 4.69) is 26.3 Å². The molecule has 2 aliphatic heterocycles. The molecule has 2 rings (SSSR count). The van der Waals surface area contributed by atoms with E-state index in [1.807, 2.05) is 26.2 Å². The molecule has 44 heavy (non-hydrogen) atoms. The van der Waals surface area contributed by atoms with E-state index in [-0.39, 0.29) is 11.9 Å². The predicted octanol–water partition coefficient (Wildman–Crippen LogP) is 2.93. The molecule has 2 aliphatic rings. The molecule has 0 amide bonds. The normalized spacial score (nSPS) is 33.3. The van der Waals surface area contributed by atoms with Crippen molar-refractivity contribution in [1.29, 1.82) is 0 Å². The lowest BCUT2D eigenvalue weighted by Crippen LogP contribution is -2.54. The average molecular weight is 759 g/mol. The molecule has 8 unspecified atom stereocenters. The monoisotopic (exact) mass is 758 g/mol. The van der Waals surface area contributed by atoms with Crippen LogP contribution in [0.1, 0.15) is 39.5 Å². The molecule has 0 aromatic heterocycles. The maximum atomic E-state index is 11.7. The fourth-order valence-electron chi connectivity index (χ4n) is 4.92. The molecule has 2 heterocycles. The van der Waals surface area contributed by atoms with Crippen molar-refractivity contribution in [2.45, 2.75) is 103 Å². The summed E-state index contributed by atoms with van der Waals surface area (Å²) in [5.74, 6) is -0.753. The van der Waals surface area contributed by atoms with Crippen LogP contribution in [0, 0.1) is 0 Å². The number of esters is 2. The van der Waals surface area contributed by atoms with Gasteiger partial charge in [-0.15, -0.1) is 0 Å². The van der Waals surface area contributed by atoms with Gasteiger partial charge in [0.1, 0.15) is 0 Å². The molecule has 0 N–H and O–H groups in total. The third-order valence-corrected chi connectivity index (χ3v) is 35.5. The first-order chi connectivity index (χ1) is 20.6. The first-order valence-electron chi connectivity index (χ1n) is 15.6. The van der Waals surface area contributed by atoms with Crippen LogP contribution in [-0.4, -0.2) is 98.0 Å². The van der Waals surface area contributed by atoms with Gasteiger partial charge < -0.3 is 42.4 Å². The van der Waals surface area contributed by atoms with Crippen molar-refractivity contribution in [2.75, 3.05) is 13.2 Å². The lowest BCUT2D eigenvalue weighted by molar-refractivity contribution is -0.139. The zero-order valence-corrected chi connectivity index (χ0v) is 36.8. The molecule has 0 radical (unpaired) electrons. The molecule has 20 heteroatoms. The fraction of sp³-hybridized carbons (Fsp3) is 0.750. The highest BCUT2D eigenvalue weighted by atomic mass is 28.5. The Labute approximate surface area is 276 Å². The molecule has 12 nitrogen and oxygen atoms in total. The Hall–Kier alpha value is -0.165. The van der Waals surface area contributed by atoms with Crippen molar-refractivity contribution in [3.8, 4) is 0 Å². The second-order valence-corrected chi connectivity index (χ2v) is 32.8. The third kappa shape index (κ3) is 15.6. The minimum absolute atomic E-state index is 0.305. The van der Waals surface area contributed by atoms with Crippen LogP contribution in [-0.2, 0) is 52.0 Å². The van der Waals surface area contributed by atoms with E-state index in [9.17, 15) is 9.59 Å². The van der Waals surface area contributed by atoms with E-state index < -0.39 is 72.8 Å². The Morgan fingerprint density at radius 1 is 0.591 bits per heavy atom. The number of ether oxygens (including phenoxy) is 2. The quantitative estimate of drug-likeness (QED) is 0.106. The van der Waals surface area contributed by atoms with Gasteiger partial charge in [-0.25, -0.2) is 9.59 Å². The summed E-state index contributed by atoms with van der Waals surface area (Å²) in [4.78, 5) is 23.5. The Morgan fingerprint density at radius 2 is 1.00 bits per heavy atom. The van der Waals surface area contributed by atoms with Gasteiger partial charge >= 0.3 is 47.6 Å². The third-order valence-electron chi connectivity index (χ3n) is 6.89. The number of carbonyl (C=O) groups excluding carboxylic acids is 2. The van der Waals surface area contributed by atoms with Gasteiger partial charge in [-0.05, 0) is 90.1 Å². The van der Waals surface area contributed by atoms with Gasteiger partial charge in [-0.3, -0.25) is 0 Å². The Bertz CT molecular complexity index is 966. The summed E-state index contributed by atoms with van der Waals surface area (Å²) >= 11 is 0. The Kier molecular flexibility index (Phi) is 17.8. The van der Waals surface area contributed by atoms with Gasteiger partial charge in [0.2, 0.25) is 0 Å². The number of hydrogen-bond donors (Lipinski definition) is 0. The highest BCUT2D eigenvalue weighted by molar-refractivity contribution is 6.82. The van der Waals surface area contributed by atoms with E-state index in [0.29, 0.717) is 43.2 Å². The van der Waals surface area contributed by atoms with Crippen LogP contribution in [0.15, 0.2) is 24.3 Å². The van der Waals surface area contributed by atoms with Crippen molar-refractivity contribution in [1.82, 2.24) is 0 Å². The van der Waals surface area contributed by atoms with Crippen LogP contribution in [0.25, 0.3) is 0 Å². The highest BCUT2D eigenvalue weighted by Gasteiger charge is 2.42. The SMILES string of the molecule is C=C(C)C(=O)OCCC[SiH]1O[SiH](C)O[SiH](C)O[Si](C)(CCCC[SiH]2O[SiH](C)O[SiH](C)O[Si](C)(CCCOC(=O)C(=C)C)O2)O1. The van der Waals surface area contributed by atoms with Crippen LogP contribution in [0.5, 0.6) is 0 Å². The summed E-state index contributed by atoms with van der Waals surface area (Å²) in [7, 11) is -16.6. The smallest absolute Gasteiger partial charge is 0.333 e. The van der Waals surface area contributed by atoms with Gasteiger partial charge in [-0.2, -0.15) is 0 Å². The molecule has 2 saturated heterocycles. The molecule has 0 saturated carbocycles. The van der Waals surface area contributed by atoms with Gasteiger partial charge in [0.15, 0.2) is 0 Å². The maximum absolute atomic E-state index is 11.7. The van der Waals surface area contributed by atoms with Crippen molar-refractivity contribution in [3.63, 3.8) is 0 Å². The Morgan fingerprint density at radius 3 is 1.45 bits per heavy atom. The zero-order chi connectivity index (χ0) is 32.9. The lowest BCUT2D eigenvalue weighted by atomic mass is 10.4. The summed E-state index contributed by atoms with van der Waals surface area (Å²) in [6.45, 7) is 23.5. The topological polar surface area (TPSA) is 126 Å². The largest absolute Gasteiger partial charge is 0.462 e. The maximum Gasteiger partial charge on any atom is 0.333 e. The Balaban J connectivity index is 1.92. The van der Waals surface area contributed by atoms with E-state index in [4.69, 9.17) is 42.4 Å². The molecule has 0 bridgehead atoms. The van der Waals surface area contributed by atoms with Gasteiger partial charge in [0.05, 0.1) is 13.2 Å². The molecular formula is C24H54O12Si8. The summed E-state index contributed by atoms with van der Waals surface area (Å²) in [5, 5.41) is 0. The number of hydrogen-bond acceptors (Lipinski definition) is 12. The molecule has 2 fully saturated rings. The van der Waals surface area contributed by atoms with E-state index in [1.165, 1.54) is 0 Å². The van der Waals surface area contributed by atoms with E-state index >= 15 is 0 Å². The standard InChI is InChI=1S/C24H54O12Si8/c1-21(2)23(25)27-15-13-18-42-32-38(6)30-39(7)33-43(9,36-42)19-12-11-17-41-31-37(5)29-40(8)34-44(10,35-41)20-14-16-28-24(26)22(3)4/h37-42H,1,3,11-20H2,2,4-10H3. The van der Waals surface area contributed by atoms with Crippen LogP contribution in [0.3, 0.4) is 0 Å². The van der Waals surface area contributed by atoms with Gasteiger partial charge in [-0.1, -0.05) is 26.0 Å². The predicted molar refractivity (Wildman–Crippen MR) is 188 cm³/mol. The molecule has 254 valence electrons. The van der Waals surface area contributed by atoms with E-state index in [0.717, 1.165) is 31.0 Å². The van der Waals surface area contributed by atoms with Gasteiger partial charge in [0.25, 0.3) is 37.1 Å². The molecule has 8 atom stereocenters. The van der Waals surface area contributed by atoms with Crippen molar-refractivity contribution >= 4 is 84.8 Å². The lowest BCUT2D eigenvalue weighted by Gasteiger charge is -2.39. The zero-order valence-electron chi connectivity index (χ0n) is 27.8. The molecule has 0 aliphatic carbocycles. The van der Waals surface area contributed by atoms with Crippen LogP contribution in [0.2, 0.25) is 63.5 Å². The van der Waals surface area contributed by atoms with Crippen LogP contribution >= 0.6 is 0 Å². The summed E-state index contributed by atoms with van der Waals surface area (Å²) in [5.41, 5.74) is 0.781. The first-order valence-corrected chi connectivity index (χ1v) is 32.5. The van der Waals surface area contributed by atoms with Crippen molar-refractivity contribution in [2.24, 2.45) is 0 Å². The molecular weight excluding hydrogens is 705 g/mol. The summed E-state index contributed by atoms with van der Waals surface area (Å²) in [6.07, 6.45) is 3.17. The second kappa shape index (κ2) is 19.6. The average Bonchev–Trinajstić information content (AvgIpc) is 2.89. The summed E-state index contributed by atoms with van der Waals surface area (Å²) in [6, 6.07) is 3.10. The van der Waals surface area contributed by atoms with E-state index in [1.54, 1.807) is 13.8 Å². The molecule has 0 aromatic carbocycles. The first kappa shape index (κ1) is 40.0. The minimum atomic E-state index is -2.56. The molecule has 0 aromatic rings.